The van der Waals surface area contributed by atoms with E-state index in [9.17, 15) is 14.4 Å². The topological polar surface area (TPSA) is 74.6 Å². The molecule has 3 rings (SSSR count). The van der Waals surface area contributed by atoms with E-state index in [-0.39, 0.29) is 11.1 Å². The molecule has 0 aliphatic carbocycles. The Bertz CT molecular complexity index is 1160. The van der Waals surface area contributed by atoms with Gasteiger partial charge in [0.05, 0.1) is 26.3 Å². The predicted molar refractivity (Wildman–Crippen MR) is 123 cm³/mol. The maximum Gasteiger partial charge on any atom is 0.343 e. The molecular formula is C26H27NO5. The lowest BCUT2D eigenvalue weighted by atomic mass is 9.98. The van der Waals surface area contributed by atoms with Crippen molar-refractivity contribution in [2.45, 2.75) is 32.7 Å². The number of hydrogen-bond donors (Lipinski definition) is 0. The molecule has 0 saturated heterocycles. The van der Waals surface area contributed by atoms with Crippen LogP contribution in [0.5, 0.6) is 0 Å². The smallest absolute Gasteiger partial charge is 0.343 e. The van der Waals surface area contributed by atoms with Crippen LogP contribution in [0.4, 0.5) is 0 Å². The lowest BCUT2D eigenvalue weighted by Gasteiger charge is -2.15. The van der Waals surface area contributed by atoms with E-state index < -0.39 is 11.9 Å². The highest BCUT2D eigenvalue weighted by molar-refractivity contribution is 5.97. The first-order valence-electron chi connectivity index (χ1n) is 10.6. The van der Waals surface area contributed by atoms with Crippen LogP contribution in [0.3, 0.4) is 0 Å². The van der Waals surface area contributed by atoms with Gasteiger partial charge in [-0.25, -0.2) is 9.59 Å². The minimum atomic E-state index is -0.638. The number of nitrogens with zero attached hydrogens (tertiary/aromatic N) is 1. The lowest BCUT2D eigenvalue weighted by molar-refractivity contribution is 0.0590. The first-order chi connectivity index (χ1) is 15.5. The summed E-state index contributed by atoms with van der Waals surface area (Å²) in [7, 11) is 2.63. The predicted octanol–water partition coefficient (Wildman–Crippen LogP) is 4.48. The molecule has 0 bridgehead atoms. The molecule has 0 N–H and O–H groups in total. The second-order valence-electron chi connectivity index (χ2n) is 7.46. The van der Waals surface area contributed by atoms with E-state index in [4.69, 9.17) is 9.47 Å². The molecule has 0 aliphatic rings. The fourth-order valence-corrected chi connectivity index (χ4v) is 3.63. The quantitative estimate of drug-likeness (QED) is 0.490. The molecule has 0 atom stereocenters. The van der Waals surface area contributed by atoms with Crippen molar-refractivity contribution >= 4 is 11.9 Å². The highest BCUT2D eigenvalue weighted by Crippen LogP contribution is 2.25. The first kappa shape index (κ1) is 23.0. The Hall–Kier alpha value is -3.67. The summed E-state index contributed by atoms with van der Waals surface area (Å²) < 4.78 is 11.3. The van der Waals surface area contributed by atoms with Gasteiger partial charge < -0.3 is 14.0 Å². The van der Waals surface area contributed by atoms with Crippen LogP contribution in [0.15, 0.2) is 65.5 Å². The number of carbonyl (C=O) groups is 2. The van der Waals surface area contributed by atoms with E-state index in [2.05, 4.69) is 6.92 Å². The zero-order valence-corrected chi connectivity index (χ0v) is 18.6. The Morgan fingerprint density at radius 2 is 1.50 bits per heavy atom. The number of benzene rings is 2. The Morgan fingerprint density at radius 1 is 0.844 bits per heavy atom. The van der Waals surface area contributed by atoms with Crippen LogP contribution in [-0.2, 0) is 22.4 Å². The number of hydrogen-bond acceptors (Lipinski definition) is 5. The minimum absolute atomic E-state index is 0.0244. The number of unbranched alkanes of at least 4 members (excludes halogenated alkanes) is 1. The van der Waals surface area contributed by atoms with Crippen molar-refractivity contribution in [1.82, 2.24) is 4.57 Å². The van der Waals surface area contributed by atoms with Crippen molar-refractivity contribution in [1.29, 1.82) is 0 Å². The molecule has 0 fully saturated rings. The van der Waals surface area contributed by atoms with Crippen molar-refractivity contribution in [2.75, 3.05) is 14.2 Å². The number of pyridine rings is 1. The van der Waals surface area contributed by atoms with E-state index in [1.165, 1.54) is 14.2 Å². The largest absolute Gasteiger partial charge is 0.465 e. The zero-order valence-electron chi connectivity index (χ0n) is 18.6. The third-order valence-corrected chi connectivity index (χ3v) is 5.39. The van der Waals surface area contributed by atoms with Gasteiger partial charge in [-0.15, -0.1) is 0 Å². The summed E-state index contributed by atoms with van der Waals surface area (Å²) in [6, 6.07) is 18.3. The molecule has 166 valence electrons. The maximum absolute atomic E-state index is 13.0. The van der Waals surface area contributed by atoms with Crippen LogP contribution in [-0.4, -0.2) is 30.7 Å². The SMILES string of the molecule is CCCCc1ccc(C(=O)OC)c(=O)n1Cc1ccc(-c2ccccc2C(=O)OC)cc1. The minimum Gasteiger partial charge on any atom is -0.465 e. The number of esters is 2. The number of aryl methyl sites for hydroxylation is 1. The van der Waals surface area contributed by atoms with E-state index in [1.807, 2.05) is 42.5 Å². The zero-order chi connectivity index (χ0) is 23.1. The van der Waals surface area contributed by atoms with E-state index in [0.29, 0.717) is 12.1 Å². The van der Waals surface area contributed by atoms with Crippen LogP contribution >= 0.6 is 0 Å². The number of carbonyl (C=O) groups excluding carboxylic acids is 2. The molecule has 3 aromatic rings. The molecule has 0 unspecified atom stereocenters. The second-order valence-corrected chi connectivity index (χ2v) is 7.46. The van der Waals surface area contributed by atoms with Crippen molar-refractivity contribution in [2.24, 2.45) is 0 Å². The Kier molecular flexibility index (Phi) is 7.60. The molecular weight excluding hydrogens is 406 g/mol. The van der Waals surface area contributed by atoms with Crippen molar-refractivity contribution in [3.8, 4) is 11.1 Å². The van der Waals surface area contributed by atoms with Crippen LogP contribution in [0, 0.1) is 0 Å². The van der Waals surface area contributed by atoms with Gasteiger partial charge in [-0.2, -0.15) is 0 Å². The fourth-order valence-electron chi connectivity index (χ4n) is 3.63. The number of aromatic nitrogens is 1. The van der Waals surface area contributed by atoms with Crippen LogP contribution in [0.2, 0.25) is 0 Å². The molecule has 6 nitrogen and oxygen atoms in total. The second kappa shape index (κ2) is 10.6. The molecule has 0 saturated carbocycles. The first-order valence-corrected chi connectivity index (χ1v) is 10.6. The van der Waals surface area contributed by atoms with Crippen molar-refractivity contribution in [3.05, 3.63) is 93.4 Å². The Balaban J connectivity index is 1.96. The summed E-state index contributed by atoms with van der Waals surface area (Å²) in [6.07, 6.45) is 2.69. The molecule has 0 spiro atoms. The third kappa shape index (κ3) is 4.97. The van der Waals surface area contributed by atoms with Gasteiger partial charge in [0.2, 0.25) is 0 Å². The van der Waals surface area contributed by atoms with Crippen molar-refractivity contribution < 1.29 is 19.1 Å². The standard InChI is InChI=1S/C26H27NO5/c1-4-5-8-20-15-16-23(26(30)32-3)24(28)27(20)17-18-11-13-19(14-12-18)21-9-6-7-10-22(21)25(29)31-2/h6-7,9-16H,4-5,8,17H2,1-3H3. The van der Waals surface area contributed by atoms with Crippen LogP contribution < -0.4 is 5.56 Å². The number of methoxy groups -OCH3 is 2. The molecule has 1 heterocycles. The number of ether oxygens (including phenoxy) is 2. The van der Waals surface area contributed by atoms with Gasteiger partial charge in [-0.3, -0.25) is 4.79 Å². The molecule has 0 amide bonds. The number of rotatable bonds is 8. The van der Waals surface area contributed by atoms with Gasteiger partial charge in [-0.1, -0.05) is 55.8 Å². The molecule has 0 radical (unpaired) electrons. The maximum atomic E-state index is 13.0. The van der Waals surface area contributed by atoms with Crippen LogP contribution in [0.1, 0.15) is 51.7 Å². The average Bonchev–Trinajstić information content (AvgIpc) is 2.84. The Labute approximate surface area is 187 Å². The van der Waals surface area contributed by atoms with E-state index in [1.54, 1.807) is 22.8 Å². The van der Waals surface area contributed by atoms with Crippen LogP contribution in [0.25, 0.3) is 11.1 Å². The summed E-state index contributed by atoms with van der Waals surface area (Å²) in [5, 5.41) is 0. The Morgan fingerprint density at radius 3 is 2.16 bits per heavy atom. The summed E-state index contributed by atoms with van der Waals surface area (Å²) in [4.78, 5) is 37.1. The van der Waals surface area contributed by atoms with E-state index in [0.717, 1.165) is 41.6 Å². The fraction of sp³-hybridized carbons (Fsp3) is 0.269. The monoisotopic (exact) mass is 433 g/mol. The van der Waals surface area contributed by atoms with Gasteiger partial charge in [0.15, 0.2) is 0 Å². The molecule has 0 aliphatic heterocycles. The van der Waals surface area contributed by atoms with Crippen molar-refractivity contribution in [3.63, 3.8) is 0 Å². The van der Waals surface area contributed by atoms with E-state index >= 15 is 0 Å². The summed E-state index contributed by atoms with van der Waals surface area (Å²) in [5.41, 5.74) is 3.60. The lowest BCUT2D eigenvalue weighted by Crippen LogP contribution is -2.29. The normalized spacial score (nSPS) is 10.6. The average molecular weight is 434 g/mol. The third-order valence-electron chi connectivity index (χ3n) is 5.39. The molecule has 32 heavy (non-hydrogen) atoms. The highest BCUT2D eigenvalue weighted by atomic mass is 16.5. The van der Waals surface area contributed by atoms with Gasteiger partial charge in [0, 0.05) is 5.69 Å². The molecule has 2 aromatic carbocycles. The van der Waals surface area contributed by atoms with Gasteiger partial charge in [0.25, 0.3) is 5.56 Å². The summed E-state index contributed by atoms with van der Waals surface area (Å²) >= 11 is 0. The highest BCUT2D eigenvalue weighted by Gasteiger charge is 2.16. The van der Waals surface area contributed by atoms with Gasteiger partial charge in [0.1, 0.15) is 5.56 Å². The summed E-state index contributed by atoms with van der Waals surface area (Å²) in [6.45, 7) is 2.43. The molecule has 6 heteroatoms. The molecule has 1 aromatic heterocycles. The van der Waals surface area contributed by atoms with Gasteiger partial charge in [-0.05, 0) is 47.7 Å². The summed E-state index contributed by atoms with van der Waals surface area (Å²) in [5.74, 6) is -1.03. The van der Waals surface area contributed by atoms with Gasteiger partial charge >= 0.3 is 11.9 Å².